The Hall–Kier alpha value is 0.400. The van der Waals surface area contributed by atoms with E-state index in [1.807, 2.05) is 0 Å². The van der Waals surface area contributed by atoms with Crippen molar-refractivity contribution in [3.05, 3.63) is 41.1 Å². The molecular formula is C17H28Cl2N2SiZr. The van der Waals surface area contributed by atoms with Crippen LogP contribution in [0.15, 0.2) is 30.0 Å². The summed E-state index contributed by atoms with van der Waals surface area (Å²) in [6, 6.07) is 8.84. The van der Waals surface area contributed by atoms with Gasteiger partial charge >= 0.3 is 26.2 Å². The molecule has 0 aliphatic heterocycles. The molecule has 2 nitrogen and oxygen atoms in total. The average Bonchev–Trinajstić information content (AvgIpc) is 2.65. The van der Waals surface area contributed by atoms with E-state index in [1.165, 1.54) is 16.8 Å². The van der Waals surface area contributed by atoms with Gasteiger partial charge in [-0.1, -0.05) is 37.4 Å². The number of likely N-dealkylation sites (N-methyl/N-ethyl adjacent to an activating group) is 1. The van der Waals surface area contributed by atoms with Crippen molar-refractivity contribution in [2.24, 2.45) is 0 Å². The topological polar surface area (TPSA) is 15.3 Å². The van der Waals surface area contributed by atoms with E-state index in [4.69, 9.17) is 0 Å². The maximum Gasteiger partial charge on any atom is 2.00 e. The van der Waals surface area contributed by atoms with Gasteiger partial charge in [0.2, 0.25) is 0 Å². The van der Waals surface area contributed by atoms with Gasteiger partial charge in [-0.15, -0.1) is 0 Å². The van der Waals surface area contributed by atoms with Crippen LogP contribution in [0.3, 0.4) is 0 Å². The molecule has 1 aromatic rings. The van der Waals surface area contributed by atoms with Gasteiger partial charge in [0, 0.05) is 30.9 Å². The van der Waals surface area contributed by atoms with Crippen LogP contribution in [0.1, 0.15) is 37.4 Å². The summed E-state index contributed by atoms with van der Waals surface area (Å²) in [5.41, 5.74) is 5.00. The van der Waals surface area contributed by atoms with Crippen molar-refractivity contribution in [3.63, 3.8) is 0 Å². The normalized spacial score (nSPS) is 16.3. The Kier molecular flexibility index (Phi) is 10.3. The van der Waals surface area contributed by atoms with E-state index < -0.39 is 8.24 Å². The van der Waals surface area contributed by atoms with E-state index in [2.05, 4.69) is 88.2 Å². The standard InChI is InChI=1S/C17H28N2Si.2ClH.Zr/c1-17(2,3)18-20(6,7)16-14-11-9-8-10-13(14)12-15(16)19(4)5;;;/h8-12,16,18H,1-7H3;2*1H;/q;;;+2/p-2. The molecule has 0 heterocycles. The van der Waals surface area contributed by atoms with Crippen LogP contribution < -0.4 is 29.8 Å². The summed E-state index contributed by atoms with van der Waals surface area (Å²) in [6.45, 7) is 11.7. The van der Waals surface area contributed by atoms with E-state index in [-0.39, 0.29) is 56.6 Å². The minimum atomic E-state index is -1.64. The van der Waals surface area contributed by atoms with Crippen molar-refractivity contribution >= 4 is 14.3 Å². The molecule has 1 N–H and O–H groups in total. The van der Waals surface area contributed by atoms with Gasteiger partial charge in [-0.2, -0.15) is 0 Å². The Labute approximate surface area is 174 Å². The molecule has 0 spiro atoms. The van der Waals surface area contributed by atoms with Crippen molar-refractivity contribution < 1.29 is 51.0 Å². The quantitative estimate of drug-likeness (QED) is 0.527. The fraction of sp³-hybridized carbons (Fsp3) is 0.529. The second-order valence-corrected chi connectivity index (χ2v) is 11.9. The SMILES string of the molecule is CN(C)C1=Cc2ccccc2C1[Si](C)(C)NC(C)(C)C.[Cl-].[Cl-].[Zr+2]. The third kappa shape index (κ3) is 6.01. The van der Waals surface area contributed by atoms with Gasteiger partial charge in [-0.25, -0.2) is 0 Å². The minimum absolute atomic E-state index is 0. The number of nitrogens with one attached hydrogen (secondary N) is 1. The molecule has 0 bridgehead atoms. The van der Waals surface area contributed by atoms with E-state index in [9.17, 15) is 0 Å². The molecule has 1 aliphatic carbocycles. The van der Waals surface area contributed by atoms with Crippen LogP contribution in [0.5, 0.6) is 0 Å². The summed E-state index contributed by atoms with van der Waals surface area (Å²) in [6.07, 6.45) is 2.36. The van der Waals surface area contributed by atoms with Gasteiger partial charge in [0.15, 0.2) is 0 Å². The molecule has 1 aliphatic rings. The van der Waals surface area contributed by atoms with Crippen LogP contribution in [0.2, 0.25) is 13.1 Å². The molecule has 2 rings (SSSR count). The van der Waals surface area contributed by atoms with E-state index in [0.717, 1.165) is 0 Å². The molecule has 23 heavy (non-hydrogen) atoms. The first-order valence-electron chi connectivity index (χ1n) is 7.39. The molecule has 1 atom stereocenters. The fourth-order valence-corrected chi connectivity index (χ4v) is 7.69. The predicted octanol–water partition coefficient (Wildman–Crippen LogP) is -2.18. The number of nitrogens with zero attached hydrogens (tertiary/aromatic N) is 1. The van der Waals surface area contributed by atoms with Gasteiger partial charge in [0.1, 0.15) is 8.24 Å². The fourth-order valence-electron chi connectivity index (χ4n) is 3.49. The van der Waals surface area contributed by atoms with Gasteiger partial charge in [0.25, 0.3) is 0 Å². The largest absolute Gasteiger partial charge is 2.00 e. The van der Waals surface area contributed by atoms with Crippen LogP contribution in [0.25, 0.3) is 6.08 Å². The molecule has 0 fully saturated rings. The van der Waals surface area contributed by atoms with Crippen molar-refractivity contribution in [3.8, 4) is 0 Å². The van der Waals surface area contributed by atoms with Crippen LogP contribution in [0, 0.1) is 0 Å². The first-order chi connectivity index (χ1) is 9.12. The van der Waals surface area contributed by atoms with E-state index >= 15 is 0 Å². The van der Waals surface area contributed by atoms with Crippen LogP contribution in [-0.4, -0.2) is 32.8 Å². The maximum absolute atomic E-state index is 3.93. The van der Waals surface area contributed by atoms with Crippen LogP contribution >= 0.6 is 0 Å². The molecule has 0 saturated carbocycles. The molecule has 128 valence electrons. The van der Waals surface area contributed by atoms with E-state index in [0.29, 0.717) is 5.54 Å². The molecule has 0 amide bonds. The monoisotopic (exact) mass is 448 g/mol. The molecule has 0 saturated heterocycles. The summed E-state index contributed by atoms with van der Waals surface area (Å²) in [7, 11) is 2.68. The minimum Gasteiger partial charge on any atom is -1.00 e. The van der Waals surface area contributed by atoms with Crippen molar-refractivity contribution in [2.75, 3.05) is 14.1 Å². The van der Waals surface area contributed by atoms with Gasteiger partial charge in [0.05, 0.1) is 0 Å². The average molecular weight is 451 g/mol. The summed E-state index contributed by atoms with van der Waals surface area (Å²) < 4.78 is 0. The zero-order valence-corrected chi connectivity index (χ0v) is 20.1. The molecule has 6 heteroatoms. The second-order valence-electron chi connectivity index (χ2n) is 7.62. The van der Waals surface area contributed by atoms with Crippen LogP contribution in [0.4, 0.5) is 0 Å². The number of halogens is 2. The van der Waals surface area contributed by atoms with Crippen molar-refractivity contribution in [1.82, 2.24) is 9.88 Å². The molecule has 1 aromatic carbocycles. The van der Waals surface area contributed by atoms with Gasteiger partial charge in [-0.05, 0) is 38.0 Å². The van der Waals surface area contributed by atoms with Gasteiger partial charge in [-0.3, -0.25) is 0 Å². The van der Waals surface area contributed by atoms with Crippen LogP contribution in [-0.2, 0) is 26.2 Å². The zero-order chi connectivity index (χ0) is 15.1. The summed E-state index contributed by atoms with van der Waals surface area (Å²) in [4.78, 5) is 6.22. The summed E-state index contributed by atoms with van der Waals surface area (Å²) >= 11 is 0. The number of allylic oxidation sites excluding steroid dienone is 1. The maximum atomic E-state index is 3.93. The number of hydrogen-bond acceptors (Lipinski definition) is 2. The predicted molar refractivity (Wildman–Crippen MR) is 91.2 cm³/mol. The van der Waals surface area contributed by atoms with Gasteiger partial charge < -0.3 is 34.7 Å². The molecular weight excluding hydrogens is 422 g/mol. The second kappa shape index (κ2) is 9.20. The first-order valence-corrected chi connectivity index (χ1v) is 10.5. The Bertz CT molecular complexity index is 540. The number of benzene rings is 1. The third-order valence-corrected chi connectivity index (χ3v) is 7.29. The Balaban J connectivity index is 0. The van der Waals surface area contributed by atoms with Crippen molar-refractivity contribution in [1.29, 1.82) is 0 Å². The summed E-state index contributed by atoms with van der Waals surface area (Å²) in [5.74, 6) is 0. The Morgan fingerprint density at radius 1 is 1.04 bits per heavy atom. The number of rotatable bonds is 3. The zero-order valence-electron chi connectivity index (χ0n) is 15.2. The first kappa shape index (κ1) is 25.6. The Morgan fingerprint density at radius 3 is 2.04 bits per heavy atom. The summed E-state index contributed by atoms with van der Waals surface area (Å²) in [5, 5.41) is 0. The number of hydrogen-bond donors (Lipinski definition) is 1. The molecule has 1 unspecified atom stereocenters. The Morgan fingerprint density at radius 2 is 1.57 bits per heavy atom. The smallest absolute Gasteiger partial charge is 1.00 e. The van der Waals surface area contributed by atoms with E-state index in [1.54, 1.807) is 0 Å². The molecule has 0 radical (unpaired) electrons. The van der Waals surface area contributed by atoms with Crippen molar-refractivity contribution in [2.45, 2.75) is 44.9 Å². The number of fused-ring (bicyclic) bond motifs is 1. The third-order valence-electron chi connectivity index (χ3n) is 3.84. The molecule has 0 aromatic heterocycles.